The SMILES string of the molecule is CC#C[C@@](OC)(C(=O)O[C@@H]1C[C@H](C)CC[C@H]1C(C)C)c1ccccc1. The second-order valence-electron chi connectivity index (χ2n) is 7.40. The number of benzene rings is 1. The standard InChI is InChI=1S/C22H30O3/c1-6-14-22(24-5,18-10-8-7-9-11-18)21(23)25-20-15-17(4)12-13-19(20)16(2)3/h7-11,16-17,19-20H,12-13,15H2,1-5H3/t17-,19+,20-,22+/m1/s1. The van der Waals surface area contributed by atoms with Crippen LogP contribution in [-0.2, 0) is 19.9 Å². The minimum atomic E-state index is -1.36. The van der Waals surface area contributed by atoms with Gasteiger partial charge in [-0.15, -0.1) is 5.92 Å². The monoisotopic (exact) mass is 342 g/mol. The lowest BCUT2D eigenvalue weighted by Crippen LogP contribution is -2.44. The molecule has 1 fully saturated rings. The Morgan fingerprint density at radius 2 is 1.92 bits per heavy atom. The Balaban J connectivity index is 2.31. The van der Waals surface area contributed by atoms with E-state index in [9.17, 15) is 4.79 Å². The largest absolute Gasteiger partial charge is 0.459 e. The first-order chi connectivity index (χ1) is 11.9. The van der Waals surface area contributed by atoms with Crippen molar-refractivity contribution in [2.24, 2.45) is 17.8 Å². The van der Waals surface area contributed by atoms with Gasteiger partial charge in [-0.3, -0.25) is 0 Å². The molecule has 0 radical (unpaired) electrons. The van der Waals surface area contributed by atoms with Crippen LogP contribution in [-0.4, -0.2) is 19.2 Å². The zero-order chi connectivity index (χ0) is 18.4. The number of methoxy groups -OCH3 is 1. The predicted molar refractivity (Wildman–Crippen MR) is 99.8 cm³/mol. The Morgan fingerprint density at radius 3 is 2.48 bits per heavy atom. The maximum absolute atomic E-state index is 13.2. The fraction of sp³-hybridized carbons (Fsp3) is 0.591. The molecular formula is C22H30O3. The number of rotatable bonds is 5. The van der Waals surface area contributed by atoms with Crippen LogP contribution in [0.25, 0.3) is 0 Å². The van der Waals surface area contributed by atoms with Crippen molar-refractivity contribution in [3.05, 3.63) is 35.9 Å². The molecule has 1 saturated carbocycles. The maximum Gasteiger partial charge on any atom is 0.356 e. The van der Waals surface area contributed by atoms with Crippen molar-refractivity contribution in [1.82, 2.24) is 0 Å². The molecule has 1 aromatic carbocycles. The van der Waals surface area contributed by atoms with Crippen molar-refractivity contribution < 1.29 is 14.3 Å². The molecule has 1 aliphatic rings. The smallest absolute Gasteiger partial charge is 0.356 e. The summed E-state index contributed by atoms with van der Waals surface area (Å²) in [4.78, 5) is 13.2. The summed E-state index contributed by atoms with van der Waals surface area (Å²) in [7, 11) is 1.52. The quantitative estimate of drug-likeness (QED) is 0.581. The molecule has 0 N–H and O–H groups in total. The third kappa shape index (κ3) is 4.25. The number of hydrogen-bond acceptors (Lipinski definition) is 3. The molecule has 0 saturated heterocycles. The Kier molecular flexibility index (Phi) is 6.67. The summed E-state index contributed by atoms with van der Waals surface area (Å²) in [5, 5.41) is 0. The summed E-state index contributed by atoms with van der Waals surface area (Å²) in [5.74, 6) is 6.84. The summed E-state index contributed by atoms with van der Waals surface area (Å²) in [5.41, 5.74) is -0.653. The highest BCUT2D eigenvalue weighted by atomic mass is 16.6. The van der Waals surface area contributed by atoms with Crippen LogP contribution in [0.5, 0.6) is 0 Å². The first-order valence-electron chi connectivity index (χ1n) is 9.20. The third-order valence-electron chi connectivity index (χ3n) is 5.29. The normalized spacial score (nSPS) is 25.6. The van der Waals surface area contributed by atoms with E-state index in [0.29, 0.717) is 23.3 Å². The first kappa shape index (κ1) is 19.5. The van der Waals surface area contributed by atoms with Gasteiger partial charge in [0.05, 0.1) is 0 Å². The fourth-order valence-corrected chi connectivity index (χ4v) is 3.81. The van der Waals surface area contributed by atoms with Crippen molar-refractivity contribution in [3.8, 4) is 11.8 Å². The molecule has 1 aromatic rings. The van der Waals surface area contributed by atoms with Crippen LogP contribution in [0, 0.1) is 29.6 Å². The number of esters is 1. The van der Waals surface area contributed by atoms with E-state index in [2.05, 4.69) is 32.6 Å². The summed E-state index contributed by atoms with van der Waals surface area (Å²) in [6.45, 7) is 8.34. The highest BCUT2D eigenvalue weighted by Gasteiger charge is 2.44. The van der Waals surface area contributed by atoms with Crippen LogP contribution in [0.1, 0.15) is 52.5 Å². The van der Waals surface area contributed by atoms with Gasteiger partial charge in [0.1, 0.15) is 6.10 Å². The topological polar surface area (TPSA) is 35.5 Å². The molecule has 3 nitrogen and oxygen atoms in total. The molecule has 0 spiro atoms. The van der Waals surface area contributed by atoms with Gasteiger partial charge < -0.3 is 9.47 Å². The average molecular weight is 342 g/mol. The van der Waals surface area contributed by atoms with E-state index in [-0.39, 0.29) is 6.10 Å². The molecule has 25 heavy (non-hydrogen) atoms. The summed E-state index contributed by atoms with van der Waals surface area (Å²) >= 11 is 0. The van der Waals surface area contributed by atoms with Crippen LogP contribution in [0.15, 0.2) is 30.3 Å². The molecule has 0 amide bonds. The van der Waals surface area contributed by atoms with Gasteiger partial charge >= 0.3 is 5.97 Å². The summed E-state index contributed by atoms with van der Waals surface area (Å²) in [6, 6.07) is 9.39. The van der Waals surface area contributed by atoms with Gasteiger partial charge in [-0.25, -0.2) is 4.79 Å². The van der Waals surface area contributed by atoms with Gasteiger partial charge in [-0.2, -0.15) is 0 Å². The highest BCUT2D eigenvalue weighted by Crippen LogP contribution is 2.37. The lowest BCUT2D eigenvalue weighted by molar-refractivity contribution is -0.175. The Morgan fingerprint density at radius 1 is 1.24 bits per heavy atom. The second-order valence-corrected chi connectivity index (χ2v) is 7.40. The van der Waals surface area contributed by atoms with Crippen molar-refractivity contribution in [1.29, 1.82) is 0 Å². The van der Waals surface area contributed by atoms with E-state index in [1.165, 1.54) is 13.5 Å². The van der Waals surface area contributed by atoms with E-state index in [1.807, 2.05) is 30.3 Å². The van der Waals surface area contributed by atoms with Crippen molar-refractivity contribution in [2.75, 3.05) is 7.11 Å². The van der Waals surface area contributed by atoms with Crippen molar-refractivity contribution in [3.63, 3.8) is 0 Å². The van der Waals surface area contributed by atoms with Gasteiger partial charge in [-0.1, -0.05) is 63.4 Å². The second kappa shape index (κ2) is 8.54. The molecular weight excluding hydrogens is 312 g/mol. The van der Waals surface area contributed by atoms with Gasteiger partial charge in [0.25, 0.3) is 5.60 Å². The summed E-state index contributed by atoms with van der Waals surface area (Å²) < 4.78 is 11.7. The van der Waals surface area contributed by atoms with Crippen molar-refractivity contribution in [2.45, 2.75) is 58.7 Å². The Hall–Kier alpha value is -1.79. The first-order valence-corrected chi connectivity index (χ1v) is 9.20. The van der Waals surface area contributed by atoms with Crippen molar-refractivity contribution >= 4 is 5.97 Å². The molecule has 0 aliphatic heterocycles. The Labute approximate surface area is 152 Å². The number of carbonyl (C=O) groups excluding carboxylic acids is 1. The number of hydrogen-bond donors (Lipinski definition) is 0. The zero-order valence-electron chi connectivity index (χ0n) is 16.0. The average Bonchev–Trinajstić information content (AvgIpc) is 2.60. The highest BCUT2D eigenvalue weighted by molar-refractivity contribution is 5.85. The van der Waals surface area contributed by atoms with E-state index in [0.717, 1.165) is 12.8 Å². The van der Waals surface area contributed by atoms with Crippen LogP contribution >= 0.6 is 0 Å². The van der Waals surface area contributed by atoms with Gasteiger partial charge in [0.2, 0.25) is 0 Å². The molecule has 0 bridgehead atoms. The molecule has 4 atom stereocenters. The predicted octanol–water partition coefficient (Wildman–Crippen LogP) is 4.56. The van der Waals surface area contributed by atoms with Crippen LogP contribution < -0.4 is 0 Å². The Bertz CT molecular complexity index is 626. The van der Waals surface area contributed by atoms with Crippen LogP contribution in [0.2, 0.25) is 0 Å². The molecule has 0 unspecified atom stereocenters. The van der Waals surface area contributed by atoms with Crippen LogP contribution in [0.3, 0.4) is 0 Å². The molecule has 0 heterocycles. The number of ether oxygens (including phenoxy) is 2. The molecule has 0 aromatic heterocycles. The van der Waals surface area contributed by atoms with E-state index in [1.54, 1.807) is 6.92 Å². The van der Waals surface area contributed by atoms with Crippen LogP contribution in [0.4, 0.5) is 0 Å². The van der Waals surface area contributed by atoms with E-state index < -0.39 is 11.6 Å². The molecule has 2 rings (SSSR count). The molecule has 3 heteroatoms. The number of carbonyl (C=O) groups is 1. The van der Waals surface area contributed by atoms with Gasteiger partial charge in [-0.05, 0) is 37.5 Å². The van der Waals surface area contributed by atoms with E-state index in [4.69, 9.17) is 9.47 Å². The van der Waals surface area contributed by atoms with E-state index >= 15 is 0 Å². The fourth-order valence-electron chi connectivity index (χ4n) is 3.81. The molecule has 136 valence electrons. The van der Waals surface area contributed by atoms with Gasteiger partial charge in [0, 0.05) is 12.7 Å². The lowest BCUT2D eigenvalue weighted by atomic mass is 9.75. The minimum absolute atomic E-state index is 0.0758. The minimum Gasteiger partial charge on any atom is -0.459 e. The zero-order valence-corrected chi connectivity index (χ0v) is 16.0. The lowest BCUT2D eigenvalue weighted by Gasteiger charge is -2.38. The summed E-state index contributed by atoms with van der Waals surface area (Å²) in [6.07, 6.45) is 3.12. The molecule has 1 aliphatic carbocycles. The van der Waals surface area contributed by atoms with Gasteiger partial charge in [0.15, 0.2) is 0 Å². The maximum atomic E-state index is 13.2. The third-order valence-corrected chi connectivity index (χ3v) is 5.29.